The van der Waals surface area contributed by atoms with Gasteiger partial charge in [-0.2, -0.15) is 15.4 Å². The summed E-state index contributed by atoms with van der Waals surface area (Å²) in [6.45, 7) is 0.765. The lowest BCUT2D eigenvalue weighted by Gasteiger charge is -2.15. The molecule has 1 aromatic heterocycles. The summed E-state index contributed by atoms with van der Waals surface area (Å²) in [6, 6.07) is 0. The normalized spacial score (nSPS) is 24.3. The average Bonchev–Trinajstić information content (AvgIpc) is 2.36. The third kappa shape index (κ3) is 0.714. The third-order valence-electron chi connectivity index (χ3n) is 1.61. The Morgan fingerprint density at radius 3 is 3.20 bits per heavy atom. The number of aliphatic hydroxyl groups excluding tert-OH is 1. The minimum absolute atomic E-state index is 0.631. The molecule has 1 atom stereocenters. The van der Waals surface area contributed by atoms with E-state index in [9.17, 15) is 5.11 Å². The first kappa shape index (κ1) is 5.82. The first-order valence-corrected chi connectivity index (χ1v) is 3.19. The van der Waals surface area contributed by atoms with E-state index in [1.807, 2.05) is 0 Å². The first-order valence-electron chi connectivity index (χ1n) is 3.19. The van der Waals surface area contributed by atoms with Crippen molar-refractivity contribution >= 4 is 0 Å². The second-order valence-corrected chi connectivity index (χ2v) is 2.26. The maximum Gasteiger partial charge on any atom is 0.151 e. The van der Waals surface area contributed by atoms with Crippen LogP contribution in [0.25, 0.3) is 0 Å². The van der Waals surface area contributed by atoms with Gasteiger partial charge in [-0.05, 0) is 0 Å². The molecule has 0 aromatic carbocycles. The summed E-state index contributed by atoms with van der Waals surface area (Å²) in [6.07, 6.45) is 0.200. The van der Waals surface area contributed by atoms with Gasteiger partial charge in [0.05, 0.1) is 5.69 Å². The van der Waals surface area contributed by atoms with Crippen molar-refractivity contribution in [3.63, 3.8) is 0 Å². The van der Waals surface area contributed by atoms with Crippen molar-refractivity contribution in [2.75, 3.05) is 6.54 Å². The Morgan fingerprint density at radius 1 is 1.50 bits per heavy atom. The van der Waals surface area contributed by atoms with E-state index in [1.165, 1.54) is 0 Å². The van der Waals surface area contributed by atoms with E-state index in [4.69, 9.17) is 0 Å². The quantitative estimate of drug-likeness (QED) is 0.429. The van der Waals surface area contributed by atoms with E-state index < -0.39 is 6.23 Å². The van der Waals surface area contributed by atoms with Gasteiger partial charge in [0.2, 0.25) is 0 Å². The lowest BCUT2D eigenvalue weighted by molar-refractivity contribution is 0.127. The molecule has 5 heteroatoms. The molecule has 0 bridgehead atoms. The Kier molecular flexibility index (Phi) is 1.18. The summed E-state index contributed by atoms with van der Waals surface area (Å²) in [5.74, 6) is 0. The Hall–Kier alpha value is -0.940. The van der Waals surface area contributed by atoms with Crippen LogP contribution in [0.5, 0.6) is 0 Å². The van der Waals surface area contributed by atoms with Gasteiger partial charge in [-0.15, -0.1) is 0 Å². The minimum atomic E-state index is -0.637. The number of hydrogen-bond donors (Lipinski definition) is 3. The molecular weight excluding hydrogens is 132 g/mol. The molecule has 1 aromatic rings. The zero-order valence-corrected chi connectivity index (χ0v) is 5.33. The Morgan fingerprint density at radius 2 is 2.40 bits per heavy atom. The molecule has 0 fully saturated rings. The van der Waals surface area contributed by atoms with Gasteiger partial charge in [0.1, 0.15) is 5.69 Å². The van der Waals surface area contributed by atoms with Crippen LogP contribution in [0.3, 0.4) is 0 Å². The zero-order valence-electron chi connectivity index (χ0n) is 5.33. The van der Waals surface area contributed by atoms with E-state index in [-0.39, 0.29) is 0 Å². The van der Waals surface area contributed by atoms with Crippen LogP contribution < -0.4 is 5.32 Å². The molecule has 0 spiro atoms. The topological polar surface area (TPSA) is 73.8 Å². The molecule has 0 aliphatic carbocycles. The van der Waals surface area contributed by atoms with Crippen LogP contribution in [-0.2, 0) is 6.42 Å². The molecule has 0 radical (unpaired) electrons. The standard InChI is InChI=1S/C5H8N4O/c10-5-4-3(1-2-6-5)7-9-8-4/h5-6,10H,1-2H2,(H,7,8,9). The predicted molar refractivity (Wildman–Crippen MR) is 33.0 cm³/mol. The van der Waals surface area contributed by atoms with Crippen LogP contribution in [0, 0.1) is 0 Å². The Bertz CT molecular complexity index is 233. The van der Waals surface area contributed by atoms with Crippen LogP contribution in [0.4, 0.5) is 0 Å². The van der Waals surface area contributed by atoms with Gasteiger partial charge >= 0.3 is 0 Å². The number of nitrogens with one attached hydrogen (secondary N) is 2. The van der Waals surface area contributed by atoms with Gasteiger partial charge in [-0.25, -0.2) is 0 Å². The van der Waals surface area contributed by atoms with E-state index in [0.717, 1.165) is 18.7 Å². The highest BCUT2D eigenvalue weighted by molar-refractivity contribution is 5.14. The monoisotopic (exact) mass is 140 g/mol. The smallest absolute Gasteiger partial charge is 0.151 e. The Labute approximate surface area is 57.4 Å². The van der Waals surface area contributed by atoms with Gasteiger partial charge in [-0.1, -0.05) is 0 Å². The van der Waals surface area contributed by atoms with Crippen LogP contribution in [0.15, 0.2) is 0 Å². The van der Waals surface area contributed by atoms with Gasteiger partial charge in [0.15, 0.2) is 6.23 Å². The summed E-state index contributed by atoms with van der Waals surface area (Å²) >= 11 is 0. The molecule has 54 valence electrons. The highest BCUT2D eigenvalue weighted by Gasteiger charge is 2.20. The summed E-state index contributed by atoms with van der Waals surface area (Å²) < 4.78 is 0. The molecule has 2 heterocycles. The molecule has 1 unspecified atom stereocenters. The third-order valence-corrected chi connectivity index (χ3v) is 1.61. The van der Waals surface area contributed by atoms with Gasteiger partial charge in [0.25, 0.3) is 0 Å². The van der Waals surface area contributed by atoms with Crippen LogP contribution in [0.2, 0.25) is 0 Å². The fraction of sp³-hybridized carbons (Fsp3) is 0.600. The average molecular weight is 140 g/mol. The van der Waals surface area contributed by atoms with E-state index in [0.29, 0.717) is 5.69 Å². The number of nitrogens with zero attached hydrogens (tertiary/aromatic N) is 2. The van der Waals surface area contributed by atoms with Crippen LogP contribution >= 0.6 is 0 Å². The fourth-order valence-electron chi connectivity index (χ4n) is 1.09. The van der Waals surface area contributed by atoms with Gasteiger partial charge in [-0.3, -0.25) is 5.32 Å². The molecule has 2 rings (SSSR count). The zero-order chi connectivity index (χ0) is 6.97. The maximum absolute atomic E-state index is 9.22. The minimum Gasteiger partial charge on any atom is -0.373 e. The highest BCUT2D eigenvalue weighted by atomic mass is 16.3. The molecule has 0 amide bonds. The number of H-pyrrole nitrogens is 1. The van der Waals surface area contributed by atoms with Crippen molar-refractivity contribution in [1.29, 1.82) is 0 Å². The first-order chi connectivity index (χ1) is 4.88. The molecule has 10 heavy (non-hydrogen) atoms. The summed E-state index contributed by atoms with van der Waals surface area (Å²) in [5, 5.41) is 22.2. The highest BCUT2D eigenvalue weighted by Crippen LogP contribution is 2.14. The number of hydrogen-bond acceptors (Lipinski definition) is 4. The number of rotatable bonds is 0. The van der Waals surface area contributed by atoms with Crippen molar-refractivity contribution in [3.05, 3.63) is 11.4 Å². The molecule has 3 N–H and O–H groups in total. The number of aliphatic hydroxyl groups is 1. The Balaban J connectivity index is 2.41. The second-order valence-electron chi connectivity index (χ2n) is 2.26. The molecular formula is C5H8N4O. The number of fused-ring (bicyclic) bond motifs is 1. The van der Waals surface area contributed by atoms with E-state index >= 15 is 0 Å². The predicted octanol–water partition coefficient (Wildman–Crippen LogP) is -1.06. The molecule has 1 aliphatic rings. The van der Waals surface area contributed by atoms with Crippen molar-refractivity contribution in [2.45, 2.75) is 12.6 Å². The number of aromatic nitrogens is 3. The van der Waals surface area contributed by atoms with Crippen LogP contribution in [0.1, 0.15) is 17.6 Å². The summed E-state index contributed by atoms with van der Waals surface area (Å²) in [7, 11) is 0. The van der Waals surface area contributed by atoms with Gasteiger partial charge < -0.3 is 5.11 Å². The molecule has 0 saturated heterocycles. The largest absolute Gasteiger partial charge is 0.373 e. The molecule has 5 nitrogen and oxygen atoms in total. The SMILES string of the molecule is OC1NCCc2n[nH]nc21. The van der Waals surface area contributed by atoms with Gasteiger partial charge in [0, 0.05) is 13.0 Å². The second kappa shape index (κ2) is 2.03. The van der Waals surface area contributed by atoms with E-state index in [2.05, 4.69) is 20.7 Å². The molecule has 0 saturated carbocycles. The summed E-state index contributed by atoms with van der Waals surface area (Å²) in [4.78, 5) is 0. The maximum atomic E-state index is 9.22. The fourth-order valence-corrected chi connectivity index (χ4v) is 1.09. The van der Waals surface area contributed by atoms with E-state index in [1.54, 1.807) is 0 Å². The number of aromatic amines is 1. The summed E-state index contributed by atoms with van der Waals surface area (Å²) in [5.41, 5.74) is 1.50. The lowest BCUT2D eigenvalue weighted by Crippen LogP contribution is -2.29. The van der Waals surface area contributed by atoms with Crippen molar-refractivity contribution in [2.24, 2.45) is 0 Å². The van der Waals surface area contributed by atoms with Crippen LogP contribution in [-0.4, -0.2) is 27.1 Å². The lowest BCUT2D eigenvalue weighted by atomic mass is 10.2. The van der Waals surface area contributed by atoms with Crippen molar-refractivity contribution < 1.29 is 5.11 Å². The van der Waals surface area contributed by atoms with Crippen molar-refractivity contribution in [3.8, 4) is 0 Å². The van der Waals surface area contributed by atoms with Crippen molar-refractivity contribution in [1.82, 2.24) is 20.7 Å². The molecule has 1 aliphatic heterocycles.